The predicted octanol–water partition coefficient (Wildman–Crippen LogP) is 6.58. The molecule has 0 unspecified atom stereocenters. The Morgan fingerprint density at radius 3 is 1.34 bits per heavy atom. The number of halogens is 1. The standard InChI is InChI=1S/C29H44N4O5S.C15H25N3.C14H21NO6S.ClH/c1-22-18-27(37-7)19-23(2)29(22)39(35,36)32(6)16-17-38-21-28(34)31(5)20-24-8-10-26(11-9-24)33-14-12-25(13-15-33)30(3)4;1-16-12-13-4-6-15(7-5-13)18-10-8-14(9-11-18)17(2)3;1-11-7-13(19-4)8-12(2)14(11)22(17,18)15(3)5-6-20-10-21-9-16;/h8-11,18-19,25H,12-17,20-21H2,1-7H3;4-7,14,16H,8-12H2,1-3H3;7-9H,5-6,10H2,1-4H3;1H. The number of methoxy groups -OCH3 is 2. The summed E-state index contributed by atoms with van der Waals surface area (Å²) in [6.07, 6.45) is 4.86. The van der Waals surface area contributed by atoms with E-state index in [1.807, 2.05) is 7.05 Å². The molecule has 22 heteroatoms. The van der Waals surface area contributed by atoms with E-state index in [1.54, 1.807) is 71.0 Å². The van der Waals surface area contributed by atoms with Crippen LogP contribution >= 0.6 is 12.4 Å². The fourth-order valence-electron chi connectivity index (χ4n) is 9.70. The minimum absolute atomic E-state index is 0. The van der Waals surface area contributed by atoms with Crippen LogP contribution in [0.15, 0.2) is 82.6 Å². The molecule has 0 spiro atoms. The molecule has 1 amide bonds. The van der Waals surface area contributed by atoms with Gasteiger partial charge in [-0.15, -0.1) is 12.4 Å². The number of hydrogen-bond acceptors (Lipinski definition) is 16. The highest BCUT2D eigenvalue weighted by molar-refractivity contribution is 7.89. The summed E-state index contributed by atoms with van der Waals surface area (Å²) in [7, 11) is 11.1. The van der Waals surface area contributed by atoms with Gasteiger partial charge in [-0.1, -0.05) is 24.3 Å². The molecule has 2 heterocycles. The average molecular weight is 1180 g/mol. The van der Waals surface area contributed by atoms with E-state index in [1.165, 1.54) is 72.7 Å². The first kappa shape index (κ1) is 69.2. The number of likely N-dealkylation sites (N-methyl/N-ethyl adjacent to an activating group) is 3. The van der Waals surface area contributed by atoms with Gasteiger partial charge >= 0.3 is 0 Å². The highest BCUT2D eigenvalue weighted by Crippen LogP contribution is 2.30. The molecule has 0 saturated carbocycles. The number of nitrogens with one attached hydrogen (secondary N) is 1. The number of ether oxygens (including phenoxy) is 5. The maximum atomic E-state index is 13.1. The Hall–Kier alpha value is -5.07. The fourth-order valence-corrected chi connectivity index (χ4v) is 12.8. The van der Waals surface area contributed by atoms with Crippen LogP contribution in [-0.2, 0) is 56.9 Å². The first-order valence-corrected chi connectivity index (χ1v) is 29.7. The van der Waals surface area contributed by atoms with Crippen molar-refractivity contribution < 1.29 is 50.1 Å². The smallest absolute Gasteiger partial charge is 0.295 e. The second-order valence-electron chi connectivity index (χ2n) is 20.7. The Kier molecular flexibility index (Phi) is 29.2. The molecular weight excluding hydrogens is 1080 g/mol. The summed E-state index contributed by atoms with van der Waals surface area (Å²) in [6.45, 7) is 13.3. The third-order valence-electron chi connectivity index (χ3n) is 14.4. The third kappa shape index (κ3) is 20.4. The van der Waals surface area contributed by atoms with E-state index < -0.39 is 20.0 Å². The number of rotatable bonds is 25. The van der Waals surface area contributed by atoms with Gasteiger partial charge in [0.1, 0.15) is 18.1 Å². The van der Waals surface area contributed by atoms with E-state index in [-0.39, 0.29) is 74.3 Å². The predicted molar refractivity (Wildman–Crippen MR) is 321 cm³/mol. The molecule has 2 saturated heterocycles. The zero-order valence-corrected chi connectivity index (χ0v) is 52.3. The van der Waals surface area contributed by atoms with Crippen molar-refractivity contribution in [3.05, 3.63) is 106 Å². The first-order valence-electron chi connectivity index (χ1n) is 26.8. The summed E-state index contributed by atoms with van der Waals surface area (Å²) in [5.41, 5.74) is 7.47. The van der Waals surface area contributed by atoms with E-state index in [4.69, 9.17) is 18.9 Å². The van der Waals surface area contributed by atoms with Crippen molar-refractivity contribution in [3.63, 3.8) is 0 Å². The van der Waals surface area contributed by atoms with Gasteiger partial charge in [0, 0.05) is 97.0 Å². The van der Waals surface area contributed by atoms with Gasteiger partial charge < -0.3 is 53.5 Å². The summed E-state index contributed by atoms with van der Waals surface area (Å²) in [5.74, 6) is 1.08. The first-order chi connectivity index (χ1) is 37.5. The number of aryl methyl sites for hydroxylation is 4. The molecule has 0 atom stereocenters. The number of benzene rings is 4. The van der Waals surface area contributed by atoms with E-state index in [0.717, 1.165) is 44.1 Å². The molecule has 0 aromatic heterocycles. The second-order valence-corrected chi connectivity index (χ2v) is 24.6. The lowest BCUT2D eigenvalue weighted by molar-refractivity contribution is -0.140. The van der Waals surface area contributed by atoms with Crippen molar-refractivity contribution in [1.82, 2.24) is 28.6 Å². The number of piperidine rings is 2. The quantitative estimate of drug-likeness (QED) is 0.0427. The maximum Gasteiger partial charge on any atom is 0.295 e. The summed E-state index contributed by atoms with van der Waals surface area (Å²) >= 11 is 0. The zero-order chi connectivity index (χ0) is 58.5. The van der Waals surface area contributed by atoms with E-state index in [0.29, 0.717) is 46.3 Å². The summed E-state index contributed by atoms with van der Waals surface area (Å²) in [5, 5.41) is 3.18. The molecule has 1 N–H and O–H groups in total. The summed E-state index contributed by atoms with van der Waals surface area (Å²) in [4.78, 5) is 34.3. The van der Waals surface area contributed by atoms with Crippen LogP contribution in [0.5, 0.6) is 11.5 Å². The molecule has 2 aliphatic heterocycles. The Labute approximate surface area is 484 Å². The van der Waals surface area contributed by atoms with E-state index in [9.17, 15) is 26.4 Å². The number of hydrogen-bond donors (Lipinski definition) is 1. The third-order valence-corrected chi connectivity index (χ3v) is 18.8. The molecule has 6 rings (SSSR count). The van der Waals surface area contributed by atoms with Gasteiger partial charge in [-0.2, -0.15) is 8.61 Å². The van der Waals surface area contributed by atoms with Crippen LogP contribution < -0.4 is 24.6 Å². The van der Waals surface area contributed by atoms with Crippen LogP contribution in [-0.4, -0.2) is 201 Å². The largest absolute Gasteiger partial charge is 0.497 e. The van der Waals surface area contributed by atoms with Gasteiger partial charge in [-0.3, -0.25) is 9.59 Å². The fraction of sp³-hybridized carbons (Fsp3) is 0.552. The number of sulfonamides is 2. The van der Waals surface area contributed by atoms with Gasteiger partial charge in [-0.25, -0.2) is 16.8 Å². The van der Waals surface area contributed by atoms with Crippen molar-refractivity contribution in [3.8, 4) is 11.5 Å². The number of anilines is 2. The lowest BCUT2D eigenvalue weighted by atomic mass is 10.0. The SMILES string of the molecule is CNCc1ccc(N2CCC(N(C)C)CC2)cc1.COc1cc(C)c(S(=O)(=O)N(C)CCOCC(=O)N(C)Cc2ccc(N3CCC(N(C)C)CC3)cc2)c(C)c1.COc1cc(C)c(S(=O)(=O)N(C)CCOCOC=O)c(C)c1.Cl. The van der Waals surface area contributed by atoms with Crippen molar-refractivity contribution in [2.24, 2.45) is 0 Å². The molecule has 0 bridgehead atoms. The Balaban J connectivity index is 0.000000346. The van der Waals surface area contributed by atoms with Crippen LogP contribution in [0.25, 0.3) is 0 Å². The van der Waals surface area contributed by atoms with Gasteiger partial charge in [-0.05, 0) is 171 Å². The molecule has 2 fully saturated rings. The van der Waals surface area contributed by atoms with Crippen LogP contribution in [0.2, 0.25) is 0 Å². The minimum atomic E-state index is -3.70. The zero-order valence-electron chi connectivity index (χ0n) is 49.8. The molecular formula is C58H91ClN8O11S2. The van der Waals surface area contributed by atoms with E-state index >= 15 is 0 Å². The monoisotopic (exact) mass is 1170 g/mol. The van der Waals surface area contributed by atoms with Crippen molar-refractivity contribution in [1.29, 1.82) is 0 Å². The molecule has 19 nitrogen and oxygen atoms in total. The van der Waals surface area contributed by atoms with E-state index in [2.05, 4.69) is 106 Å². The molecule has 4 aromatic carbocycles. The normalized spacial score (nSPS) is 14.3. The Morgan fingerprint density at radius 2 is 0.988 bits per heavy atom. The minimum Gasteiger partial charge on any atom is -0.497 e. The number of nitrogens with zero attached hydrogens (tertiary/aromatic N) is 7. The Bertz CT molecular complexity index is 2690. The maximum absolute atomic E-state index is 13.1. The number of carbonyl (C=O) groups excluding carboxylic acids is 2. The lowest BCUT2D eigenvalue weighted by Crippen LogP contribution is -2.41. The van der Waals surface area contributed by atoms with Crippen LogP contribution in [0.1, 0.15) is 59.1 Å². The highest BCUT2D eigenvalue weighted by Gasteiger charge is 2.28. The summed E-state index contributed by atoms with van der Waals surface area (Å²) < 4.78 is 79.3. The molecule has 80 heavy (non-hydrogen) atoms. The van der Waals surface area contributed by atoms with Gasteiger partial charge in [0.25, 0.3) is 6.47 Å². The lowest BCUT2D eigenvalue weighted by Gasteiger charge is -2.36. The summed E-state index contributed by atoms with van der Waals surface area (Å²) in [6, 6.07) is 25.5. The van der Waals surface area contributed by atoms with Gasteiger partial charge in [0.05, 0.1) is 37.2 Å². The van der Waals surface area contributed by atoms with Crippen LogP contribution in [0.3, 0.4) is 0 Å². The average Bonchev–Trinajstić information content (AvgIpc) is 3.55. The molecule has 4 aromatic rings. The number of carbonyl (C=O) groups is 2. The molecule has 0 aliphatic carbocycles. The van der Waals surface area contributed by atoms with Crippen molar-refractivity contribution in [2.75, 3.05) is 146 Å². The van der Waals surface area contributed by atoms with Gasteiger partial charge in [0.15, 0.2) is 6.79 Å². The highest BCUT2D eigenvalue weighted by atomic mass is 35.5. The van der Waals surface area contributed by atoms with Crippen molar-refractivity contribution >= 4 is 56.2 Å². The Morgan fingerprint density at radius 1 is 0.613 bits per heavy atom. The molecule has 0 radical (unpaired) electrons. The number of amides is 1. The van der Waals surface area contributed by atoms with Gasteiger partial charge in [0.2, 0.25) is 26.0 Å². The molecule has 448 valence electrons. The topological polar surface area (TPSA) is 183 Å². The van der Waals surface area contributed by atoms with Crippen molar-refractivity contribution in [2.45, 2.75) is 88.3 Å². The van der Waals surface area contributed by atoms with Crippen LogP contribution in [0, 0.1) is 27.7 Å². The second kappa shape index (κ2) is 33.8. The van der Waals surface area contributed by atoms with Crippen LogP contribution in [0.4, 0.5) is 11.4 Å². The molecule has 2 aliphatic rings.